The molecular weight excluding hydrogens is 364 g/mol. The summed E-state index contributed by atoms with van der Waals surface area (Å²) in [6, 6.07) is 8.98. The summed E-state index contributed by atoms with van der Waals surface area (Å²) in [7, 11) is 2.13. The van der Waals surface area contributed by atoms with Crippen LogP contribution in [0, 0.1) is 0 Å². The predicted octanol–water partition coefficient (Wildman–Crippen LogP) is 4.21. The zero-order valence-corrected chi connectivity index (χ0v) is 19.7. The van der Waals surface area contributed by atoms with Gasteiger partial charge in [-0.05, 0) is 49.6 Å². The minimum atomic E-state index is 0. The van der Waals surface area contributed by atoms with E-state index in [1.54, 1.807) is 0 Å². The Balaban J connectivity index is -0.000000348. The van der Waals surface area contributed by atoms with Crippen LogP contribution in [0.15, 0.2) is 49.2 Å². The van der Waals surface area contributed by atoms with Crippen LogP contribution in [0.25, 0.3) is 0 Å². The maximum Gasteiger partial charge on any atom is 0.0700 e. The van der Waals surface area contributed by atoms with Crippen molar-refractivity contribution in [2.75, 3.05) is 26.9 Å². The Labute approximate surface area is 180 Å². The van der Waals surface area contributed by atoms with Crippen LogP contribution in [0.3, 0.4) is 0 Å². The molecule has 0 unspecified atom stereocenters. The predicted molar refractivity (Wildman–Crippen MR) is 129 cm³/mol. The monoisotopic (exact) mass is 412 g/mol. The number of aryl methyl sites for hydroxylation is 1. The molecule has 5 heteroatoms. The second-order valence-corrected chi connectivity index (χ2v) is 6.19. The van der Waals surface area contributed by atoms with Gasteiger partial charge in [-0.2, -0.15) is 0 Å². The highest BCUT2D eigenvalue weighted by Crippen LogP contribution is 2.08. The van der Waals surface area contributed by atoms with Gasteiger partial charge >= 0.3 is 0 Å². The van der Waals surface area contributed by atoms with Gasteiger partial charge in [-0.1, -0.05) is 71.0 Å². The van der Waals surface area contributed by atoms with Crippen LogP contribution in [0.1, 0.15) is 65.0 Å². The number of hydrogen-bond acceptors (Lipinski definition) is 3. The minimum Gasteiger partial charge on any atom is -0.412 e. The molecule has 0 aliphatic heterocycles. The molecule has 0 spiro atoms. The first-order valence-corrected chi connectivity index (χ1v) is 10.5. The molecule has 0 bridgehead atoms. The Morgan fingerprint density at radius 3 is 1.90 bits per heavy atom. The minimum absolute atomic E-state index is 0. The lowest BCUT2D eigenvalue weighted by Crippen LogP contribution is -2.32. The second-order valence-electron chi connectivity index (χ2n) is 6.19. The van der Waals surface area contributed by atoms with Crippen molar-refractivity contribution in [1.82, 2.24) is 9.80 Å². The van der Waals surface area contributed by atoms with Crippen LogP contribution in [0.4, 0.5) is 0 Å². The highest BCUT2D eigenvalue weighted by molar-refractivity contribution is 5.22. The van der Waals surface area contributed by atoms with Crippen molar-refractivity contribution in [2.24, 2.45) is 0 Å². The van der Waals surface area contributed by atoms with Crippen molar-refractivity contribution in [3.8, 4) is 0 Å². The molecule has 0 saturated carbocycles. The van der Waals surface area contributed by atoms with Gasteiger partial charge in [-0.15, -0.1) is 6.58 Å². The number of nitrogens with zero attached hydrogens (tertiary/aromatic N) is 2. The smallest absolute Gasteiger partial charge is 0.0700 e. The third kappa shape index (κ3) is 20.9. The second kappa shape index (κ2) is 26.3. The van der Waals surface area contributed by atoms with E-state index in [2.05, 4.69) is 73.8 Å². The molecule has 0 fully saturated rings. The van der Waals surface area contributed by atoms with Gasteiger partial charge in [0.1, 0.15) is 0 Å². The maximum atomic E-state index is 7.88. The molecule has 0 saturated heterocycles. The number of aliphatic hydroxyl groups is 1. The number of hydrogen-bond donors (Lipinski definition) is 1. The van der Waals surface area contributed by atoms with Crippen LogP contribution < -0.4 is 0 Å². The summed E-state index contributed by atoms with van der Waals surface area (Å²) in [6.45, 7) is 17.4. The first-order valence-electron chi connectivity index (χ1n) is 10.5. The Bertz CT molecular complexity index is 460. The van der Waals surface area contributed by atoms with Crippen LogP contribution >= 0.6 is 0 Å². The third-order valence-electron chi connectivity index (χ3n) is 3.83. The maximum absolute atomic E-state index is 7.88. The summed E-state index contributed by atoms with van der Waals surface area (Å²) in [6.07, 6.45) is 10.4. The molecule has 5 N–H and O–H groups in total. The van der Waals surface area contributed by atoms with E-state index in [0.717, 1.165) is 45.4 Å². The summed E-state index contributed by atoms with van der Waals surface area (Å²) in [5.74, 6) is 0. The van der Waals surface area contributed by atoms with E-state index in [1.807, 2.05) is 26.8 Å². The van der Waals surface area contributed by atoms with Crippen LogP contribution in [-0.4, -0.2) is 52.7 Å². The van der Waals surface area contributed by atoms with Gasteiger partial charge < -0.3 is 21.0 Å². The molecule has 1 aromatic rings. The van der Waals surface area contributed by atoms with Gasteiger partial charge in [0.25, 0.3) is 0 Å². The average molecular weight is 413 g/mol. The van der Waals surface area contributed by atoms with Crippen molar-refractivity contribution in [3.63, 3.8) is 0 Å². The largest absolute Gasteiger partial charge is 0.412 e. The van der Waals surface area contributed by atoms with Crippen molar-refractivity contribution >= 4 is 0 Å². The van der Waals surface area contributed by atoms with Crippen LogP contribution in [-0.2, 0) is 13.0 Å². The first kappa shape index (κ1) is 34.8. The molecule has 0 aromatic heterocycles. The van der Waals surface area contributed by atoms with E-state index in [4.69, 9.17) is 5.11 Å². The van der Waals surface area contributed by atoms with Gasteiger partial charge in [-0.3, -0.25) is 4.90 Å². The third-order valence-corrected chi connectivity index (χ3v) is 3.83. The van der Waals surface area contributed by atoms with Gasteiger partial charge in [0.15, 0.2) is 0 Å². The van der Waals surface area contributed by atoms with Crippen molar-refractivity contribution in [2.45, 2.75) is 66.8 Å². The molecule has 0 radical (unpaired) electrons. The van der Waals surface area contributed by atoms with Crippen LogP contribution in [0.2, 0.25) is 0 Å². The highest BCUT2D eigenvalue weighted by Gasteiger charge is 2.05. The molecule has 5 nitrogen and oxygen atoms in total. The van der Waals surface area contributed by atoms with Gasteiger partial charge in [-0.25, -0.2) is 0 Å². The van der Waals surface area contributed by atoms with E-state index in [1.165, 1.54) is 11.1 Å². The molecule has 1 aromatic carbocycles. The summed E-state index contributed by atoms with van der Waals surface area (Å²) < 4.78 is 0. The molecule has 0 aliphatic rings. The number of benzene rings is 1. The fourth-order valence-electron chi connectivity index (χ4n) is 2.23. The lowest BCUT2D eigenvalue weighted by Gasteiger charge is -2.26. The van der Waals surface area contributed by atoms with Crippen molar-refractivity contribution in [1.29, 1.82) is 0 Å². The lowest BCUT2D eigenvalue weighted by atomic mass is 10.1. The molecule has 0 aliphatic carbocycles. The number of rotatable bonds is 11. The lowest BCUT2D eigenvalue weighted by molar-refractivity contribution is 0.191. The fraction of sp³-hybridized carbons (Fsp3) is 0.583. The number of unbranched alkanes of at least 4 members (excludes halogenated alkanes) is 1. The topological polar surface area (TPSA) is 89.7 Å². The first-order chi connectivity index (χ1) is 13.1. The quantitative estimate of drug-likeness (QED) is 0.335. The summed E-state index contributed by atoms with van der Waals surface area (Å²) in [4.78, 5) is 4.69. The molecule has 1 rings (SSSR count). The fourth-order valence-corrected chi connectivity index (χ4v) is 2.23. The standard InChI is InChI=1S/C19H30N2.C3H8O.C2H6.2H2O/c1-5-8-9-10-15-20(4)17-21(7-3)16-19-13-11-18(6-2)12-14-19;1-2-3-4;1-2;;/h5,10-15H,1,6-9,16-17H2,2-4H3;4H,2-3H2,1H3;1-2H3;2*1H2/b15-10-;;;;. The van der Waals surface area contributed by atoms with E-state index in [9.17, 15) is 0 Å². The number of aliphatic hydroxyl groups excluding tert-OH is 1. The van der Waals surface area contributed by atoms with Gasteiger partial charge in [0, 0.05) is 20.2 Å². The summed E-state index contributed by atoms with van der Waals surface area (Å²) in [5.41, 5.74) is 2.79. The average Bonchev–Trinajstić information content (AvgIpc) is 2.73. The molecule has 29 heavy (non-hydrogen) atoms. The Morgan fingerprint density at radius 1 is 0.966 bits per heavy atom. The van der Waals surface area contributed by atoms with E-state index in [0.29, 0.717) is 6.61 Å². The Hall–Kier alpha value is -1.66. The molecule has 172 valence electrons. The zero-order valence-electron chi connectivity index (χ0n) is 19.7. The molecule has 0 heterocycles. The van der Waals surface area contributed by atoms with Crippen molar-refractivity contribution in [3.05, 3.63) is 60.3 Å². The van der Waals surface area contributed by atoms with E-state index < -0.39 is 0 Å². The molecular formula is C24H48N2O3. The molecule has 0 atom stereocenters. The molecule has 0 amide bonds. The zero-order chi connectivity index (χ0) is 20.9. The Kier molecular flexibility index (Phi) is 31.6. The Morgan fingerprint density at radius 2 is 1.48 bits per heavy atom. The van der Waals surface area contributed by atoms with Crippen LogP contribution in [0.5, 0.6) is 0 Å². The van der Waals surface area contributed by atoms with E-state index in [-0.39, 0.29) is 11.0 Å². The van der Waals surface area contributed by atoms with Crippen molar-refractivity contribution < 1.29 is 16.1 Å². The summed E-state index contributed by atoms with van der Waals surface area (Å²) >= 11 is 0. The highest BCUT2D eigenvalue weighted by atomic mass is 16.2. The van der Waals surface area contributed by atoms with Gasteiger partial charge in [0.05, 0.1) is 6.67 Å². The summed E-state index contributed by atoms with van der Waals surface area (Å²) in [5, 5.41) is 7.88. The van der Waals surface area contributed by atoms with Gasteiger partial charge in [0.2, 0.25) is 0 Å². The number of allylic oxidation sites excluding steroid dienone is 2. The normalized spacial score (nSPS) is 9.38. The van der Waals surface area contributed by atoms with E-state index >= 15 is 0 Å². The SMILES string of the molecule is C=CCC/C=C\N(C)CN(CC)Cc1ccc(CC)cc1.CC.CCCO.O.O.